The molecule has 0 saturated carbocycles. The largest absolute Gasteiger partial charge is 0.480 e. The van der Waals surface area contributed by atoms with E-state index in [0.29, 0.717) is 23.7 Å². The molecule has 0 bridgehead atoms. The van der Waals surface area contributed by atoms with Crippen LogP contribution in [0.5, 0.6) is 0 Å². The van der Waals surface area contributed by atoms with Crippen LogP contribution in [0.4, 0.5) is 0 Å². The lowest BCUT2D eigenvalue weighted by atomic mass is 10.2. The number of nitrogens with zero attached hydrogens (tertiary/aromatic N) is 2. The predicted octanol–water partition coefficient (Wildman–Crippen LogP) is 2.41. The third-order valence-corrected chi connectivity index (χ3v) is 3.60. The van der Waals surface area contributed by atoms with Gasteiger partial charge in [0.15, 0.2) is 0 Å². The molecule has 1 fully saturated rings. The summed E-state index contributed by atoms with van der Waals surface area (Å²) in [6.45, 7) is 4.38. The fourth-order valence-electron chi connectivity index (χ4n) is 2.46. The Morgan fingerprint density at radius 2 is 2.16 bits per heavy atom. The van der Waals surface area contributed by atoms with Gasteiger partial charge in [0.25, 0.3) is 5.91 Å². The summed E-state index contributed by atoms with van der Waals surface area (Å²) >= 11 is 5.95. The summed E-state index contributed by atoms with van der Waals surface area (Å²) in [5.41, 5.74) is 0.452. The molecule has 1 N–H and O–H groups in total. The molecule has 5 nitrogen and oxygen atoms in total. The first kappa shape index (κ1) is 13.9. The van der Waals surface area contributed by atoms with Crippen LogP contribution in [0.2, 0.25) is 5.02 Å². The molecule has 104 valence electrons. The van der Waals surface area contributed by atoms with Crippen molar-refractivity contribution < 1.29 is 14.7 Å². The number of carbonyl (C=O) groups excluding carboxylic acids is 1. The monoisotopic (exact) mass is 284 g/mol. The fourth-order valence-corrected chi connectivity index (χ4v) is 2.67. The highest BCUT2D eigenvalue weighted by atomic mass is 35.5. The van der Waals surface area contributed by atoms with Gasteiger partial charge in [-0.25, -0.2) is 4.79 Å². The van der Waals surface area contributed by atoms with Gasteiger partial charge in [-0.05, 0) is 32.8 Å². The summed E-state index contributed by atoms with van der Waals surface area (Å²) in [4.78, 5) is 25.1. The normalized spacial score (nSPS) is 19.2. The predicted molar refractivity (Wildman–Crippen MR) is 71.5 cm³/mol. The fraction of sp³-hybridized carbons (Fsp3) is 0.538. The van der Waals surface area contributed by atoms with E-state index in [2.05, 4.69) is 0 Å². The zero-order valence-corrected chi connectivity index (χ0v) is 11.7. The lowest BCUT2D eigenvalue weighted by molar-refractivity contribution is -0.141. The van der Waals surface area contributed by atoms with Gasteiger partial charge in [-0.2, -0.15) is 0 Å². The molecule has 1 aliphatic heterocycles. The Morgan fingerprint density at radius 1 is 1.47 bits per heavy atom. The first-order chi connectivity index (χ1) is 8.91. The van der Waals surface area contributed by atoms with E-state index in [1.54, 1.807) is 16.8 Å². The van der Waals surface area contributed by atoms with Crippen molar-refractivity contribution in [2.45, 2.75) is 38.8 Å². The molecule has 2 rings (SSSR count). The van der Waals surface area contributed by atoms with E-state index < -0.39 is 12.0 Å². The summed E-state index contributed by atoms with van der Waals surface area (Å²) in [5, 5.41) is 9.63. The highest BCUT2D eigenvalue weighted by molar-refractivity contribution is 6.31. The first-order valence-corrected chi connectivity index (χ1v) is 6.70. The van der Waals surface area contributed by atoms with E-state index in [4.69, 9.17) is 16.7 Å². The Labute approximate surface area is 116 Å². The Kier molecular flexibility index (Phi) is 3.85. The number of halogens is 1. The number of amides is 1. The standard InChI is InChI=1S/C13H17ClN2O3/c1-8(2)16-7-9(14)6-11(16)12(17)15-5-3-4-10(15)13(18)19/h6-8,10H,3-5H2,1-2H3,(H,18,19)/t10-/m1/s1. The van der Waals surface area contributed by atoms with E-state index in [0.717, 1.165) is 6.42 Å². The SMILES string of the molecule is CC(C)n1cc(Cl)cc1C(=O)N1CCC[C@@H]1C(=O)O. The van der Waals surface area contributed by atoms with Crippen LogP contribution < -0.4 is 0 Å². The maximum Gasteiger partial charge on any atom is 0.326 e. The second-order valence-electron chi connectivity index (χ2n) is 5.04. The molecule has 0 aromatic carbocycles. The molecule has 0 radical (unpaired) electrons. The summed E-state index contributed by atoms with van der Waals surface area (Å²) in [7, 11) is 0. The van der Waals surface area contributed by atoms with E-state index >= 15 is 0 Å². The van der Waals surface area contributed by atoms with E-state index in [9.17, 15) is 9.59 Å². The minimum Gasteiger partial charge on any atom is -0.480 e. The topological polar surface area (TPSA) is 62.5 Å². The van der Waals surface area contributed by atoms with Crippen molar-refractivity contribution in [3.8, 4) is 0 Å². The van der Waals surface area contributed by atoms with Gasteiger partial charge in [0.05, 0.1) is 5.02 Å². The molecular formula is C13H17ClN2O3. The molecule has 19 heavy (non-hydrogen) atoms. The molecule has 1 amide bonds. The van der Waals surface area contributed by atoms with Crippen LogP contribution in [0.25, 0.3) is 0 Å². The molecular weight excluding hydrogens is 268 g/mol. The number of hydrogen-bond donors (Lipinski definition) is 1. The van der Waals surface area contributed by atoms with Crippen molar-refractivity contribution in [2.24, 2.45) is 0 Å². The molecule has 0 unspecified atom stereocenters. The van der Waals surface area contributed by atoms with Crippen molar-refractivity contribution in [2.75, 3.05) is 6.54 Å². The first-order valence-electron chi connectivity index (χ1n) is 6.33. The summed E-state index contributed by atoms with van der Waals surface area (Å²) in [6, 6.07) is 0.973. The summed E-state index contributed by atoms with van der Waals surface area (Å²) < 4.78 is 1.78. The smallest absolute Gasteiger partial charge is 0.326 e. The summed E-state index contributed by atoms with van der Waals surface area (Å²) in [5.74, 6) is -1.20. The third-order valence-electron chi connectivity index (χ3n) is 3.39. The van der Waals surface area contributed by atoms with Crippen molar-refractivity contribution in [3.05, 3.63) is 23.0 Å². The number of carboxylic acids is 1. The molecule has 1 aliphatic rings. The Hall–Kier alpha value is -1.49. The highest BCUT2D eigenvalue weighted by Crippen LogP contribution is 2.24. The lowest BCUT2D eigenvalue weighted by Gasteiger charge is -2.23. The Balaban J connectivity index is 2.31. The lowest BCUT2D eigenvalue weighted by Crippen LogP contribution is -2.41. The number of carbonyl (C=O) groups is 2. The Morgan fingerprint density at radius 3 is 2.74 bits per heavy atom. The average molecular weight is 285 g/mol. The van der Waals surface area contributed by atoms with Crippen molar-refractivity contribution >= 4 is 23.5 Å². The average Bonchev–Trinajstić information content (AvgIpc) is 2.93. The van der Waals surface area contributed by atoms with Gasteiger partial charge in [0.2, 0.25) is 0 Å². The van der Waals surface area contributed by atoms with Crippen LogP contribution in [-0.4, -0.2) is 39.0 Å². The maximum absolute atomic E-state index is 12.5. The van der Waals surface area contributed by atoms with Gasteiger partial charge in [0, 0.05) is 18.8 Å². The van der Waals surface area contributed by atoms with Crippen LogP contribution in [0, 0.1) is 0 Å². The highest BCUT2D eigenvalue weighted by Gasteiger charge is 2.35. The van der Waals surface area contributed by atoms with Gasteiger partial charge in [0.1, 0.15) is 11.7 Å². The number of likely N-dealkylation sites (tertiary alicyclic amines) is 1. The summed E-state index contributed by atoms with van der Waals surface area (Å²) in [6.07, 6.45) is 2.93. The van der Waals surface area contributed by atoms with Crippen LogP contribution in [0.3, 0.4) is 0 Å². The second kappa shape index (κ2) is 5.25. The minimum absolute atomic E-state index is 0.0948. The third kappa shape index (κ3) is 2.61. The van der Waals surface area contributed by atoms with Gasteiger partial charge in [-0.15, -0.1) is 0 Å². The number of hydrogen-bond acceptors (Lipinski definition) is 2. The quantitative estimate of drug-likeness (QED) is 0.927. The number of rotatable bonds is 3. The van der Waals surface area contributed by atoms with Gasteiger partial charge in [-0.3, -0.25) is 4.79 Å². The van der Waals surface area contributed by atoms with E-state index in [-0.39, 0.29) is 11.9 Å². The van der Waals surface area contributed by atoms with Crippen LogP contribution in [-0.2, 0) is 4.79 Å². The molecule has 2 heterocycles. The van der Waals surface area contributed by atoms with Crippen LogP contribution in [0.15, 0.2) is 12.3 Å². The molecule has 1 atom stereocenters. The maximum atomic E-state index is 12.5. The minimum atomic E-state index is -0.945. The number of aromatic nitrogens is 1. The van der Waals surface area contributed by atoms with Crippen LogP contribution >= 0.6 is 11.6 Å². The van der Waals surface area contributed by atoms with Crippen molar-refractivity contribution in [1.82, 2.24) is 9.47 Å². The van der Waals surface area contributed by atoms with Gasteiger partial charge < -0.3 is 14.6 Å². The molecule has 1 saturated heterocycles. The van der Waals surface area contributed by atoms with Crippen LogP contribution in [0.1, 0.15) is 43.2 Å². The number of aliphatic carboxylic acids is 1. The number of carboxylic acid groups (broad SMARTS) is 1. The van der Waals surface area contributed by atoms with Gasteiger partial charge >= 0.3 is 5.97 Å². The molecule has 0 spiro atoms. The Bertz CT molecular complexity index is 510. The van der Waals surface area contributed by atoms with Crippen molar-refractivity contribution in [1.29, 1.82) is 0 Å². The molecule has 6 heteroatoms. The zero-order valence-electron chi connectivity index (χ0n) is 11.0. The van der Waals surface area contributed by atoms with Crippen molar-refractivity contribution in [3.63, 3.8) is 0 Å². The molecule has 0 aliphatic carbocycles. The van der Waals surface area contributed by atoms with E-state index in [1.807, 2.05) is 13.8 Å². The zero-order chi connectivity index (χ0) is 14.2. The second-order valence-corrected chi connectivity index (χ2v) is 5.48. The molecule has 1 aromatic rings. The van der Waals surface area contributed by atoms with E-state index in [1.165, 1.54) is 4.90 Å². The van der Waals surface area contributed by atoms with Gasteiger partial charge in [-0.1, -0.05) is 11.6 Å². The molecule has 1 aromatic heterocycles.